The summed E-state index contributed by atoms with van der Waals surface area (Å²) in [5.41, 5.74) is 0. The van der Waals surface area contributed by atoms with Crippen LogP contribution in [0.3, 0.4) is 0 Å². The lowest BCUT2D eigenvalue weighted by Gasteiger charge is -2.11. The van der Waals surface area contributed by atoms with Crippen molar-refractivity contribution in [2.45, 2.75) is 31.7 Å². The molecule has 0 unspecified atom stereocenters. The fourth-order valence-electron chi connectivity index (χ4n) is 1.97. The average molecular weight is 378 g/mol. The number of carbonyl (C=O) groups excluding carboxylic acids is 1. The normalized spacial score (nSPS) is 15.9. The Bertz CT molecular complexity index is 435. The second kappa shape index (κ2) is 6.58. The Balaban J connectivity index is 1.82. The van der Waals surface area contributed by atoms with Crippen molar-refractivity contribution in [1.29, 1.82) is 0 Å². The van der Waals surface area contributed by atoms with E-state index in [0.29, 0.717) is 27.6 Å². The third kappa shape index (κ3) is 4.00. The lowest BCUT2D eigenvalue weighted by Crippen LogP contribution is -2.34. The van der Waals surface area contributed by atoms with Crippen LogP contribution < -0.4 is 10.6 Å². The van der Waals surface area contributed by atoms with Crippen LogP contribution in [0, 0.1) is 0 Å². The Hall–Kier alpha value is -0.530. The first kappa shape index (κ1) is 13.9. The van der Waals surface area contributed by atoms with Gasteiger partial charge in [0.25, 0.3) is 0 Å². The Labute approximate surface area is 122 Å². The van der Waals surface area contributed by atoms with Gasteiger partial charge in [-0.1, -0.05) is 12.8 Å². The molecule has 2 N–H and O–H groups in total. The molecule has 0 aliphatic heterocycles. The van der Waals surface area contributed by atoms with Gasteiger partial charge in [0.15, 0.2) is 5.82 Å². The van der Waals surface area contributed by atoms with Crippen molar-refractivity contribution in [3.05, 3.63) is 15.4 Å². The van der Waals surface area contributed by atoms with E-state index in [1.54, 1.807) is 6.20 Å². The molecule has 1 saturated carbocycles. The summed E-state index contributed by atoms with van der Waals surface area (Å²) in [6, 6.07) is 0.482. The van der Waals surface area contributed by atoms with Crippen molar-refractivity contribution in [1.82, 2.24) is 15.3 Å². The smallest absolute Gasteiger partial charge is 0.239 e. The first-order valence-electron chi connectivity index (χ1n) is 5.86. The predicted molar refractivity (Wildman–Crippen MR) is 76.3 cm³/mol. The van der Waals surface area contributed by atoms with E-state index in [4.69, 9.17) is 0 Å². The molecular formula is C11H14Br2N4O. The molecule has 0 radical (unpaired) electrons. The number of hydrogen-bond donors (Lipinski definition) is 2. The van der Waals surface area contributed by atoms with Crippen molar-refractivity contribution >= 4 is 43.6 Å². The van der Waals surface area contributed by atoms with Gasteiger partial charge in [0.05, 0.1) is 12.7 Å². The van der Waals surface area contributed by atoms with Gasteiger partial charge >= 0.3 is 0 Å². The van der Waals surface area contributed by atoms with Gasteiger partial charge in [-0.05, 0) is 44.7 Å². The minimum absolute atomic E-state index is 0.0979. The van der Waals surface area contributed by atoms with Gasteiger partial charge < -0.3 is 10.6 Å². The van der Waals surface area contributed by atoms with Gasteiger partial charge in [0.2, 0.25) is 5.91 Å². The van der Waals surface area contributed by atoms with Crippen molar-refractivity contribution in [2.75, 3.05) is 11.9 Å². The standard InChI is InChI=1S/C11H14Br2N4O/c12-8-5-15-11(10(13)16-8)17-9(18)6-14-7-3-1-2-4-7/h5,7,14H,1-4,6H2,(H,15,17,18). The molecule has 7 heteroatoms. The predicted octanol–water partition coefficient (Wildman–Crippen LogP) is 2.47. The van der Waals surface area contributed by atoms with Gasteiger partial charge in [0, 0.05) is 6.04 Å². The molecule has 5 nitrogen and oxygen atoms in total. The molecule has 2 rings (SSSR count). The van der Waals surface area contributed by atoms with Crippen LogP contribution in [0.1, 0.15) is 25.7 Å². The Morgan fingerprint density at radius 1 is 1.39 bits per heavy atom. The number of nitrogens with zero attached hydrogens (tertiary/aromatic N) is 2. The Morgan fingerprint density at radius 3 is 2.78 bits per heavy atom. The highest BCUT2D eigenvalue weighted by Gasteiger charge is 2.16. The number of rotatable bonds is 4. The molecule has 1 aromatic rings. The summed E-state index contributed by atoms with van der Waals surface area (Å²) in [6.07, 6.45) is 6.38. The number of amides is 1. The lowest BCUT2D eigenvalue weighted by atomic mass is 10.2. The van der Waals surface area contributed by atoms with Crippen LogP contribution in [-0.4, -0.2) is 28.5 Å². The zero-order valence-corrected chi connectivity index (χ0v) is 12.9. The van der Waals surface area contributed by atoms with Crippen LogP contribution in [0.25, 0.3) is 0 Å². The van der Waals surface area contributed by atoms with E-state index in [-0.39, 0.29) is 5.91 Å². The van der Waals surface area contributed by atoms with Crippen molar-refractivity contribution < 1.29 is 4.79 Å². The second-order valence-corrected chi connectivity index (χ2v) is 5.81. The van der Waals surface area contributed by atoms with Gasteiger partial charge in [-0.15, -0.1) is 0 Å². The van der Waals surface area contributed by atoms with Crippen LogP contribution in [0.4, 0.5) is 5.82 Å². The molecule has 0 bridgehead atoms. The zero-order valence-electron chi connectivity index (χ0n) is 9.75. The first-order chi connectivity index (χ1) is 8.65. The molecule has 1 aliphatic carbocycles. The average Bonchev–Trinajstić information content (AvgIpc) is 2.83. The lowest BCUT2D eigenvalue weighted by molar-refractivity contribution is -0.115. The fraction of sp³-hybridized carbons (Fsp3) is 0.545. The molecule has 18 heavy (non-hydrogen) atoms. The molecule has 0 aromatic carbocycles. The van der Waals surface area contributed by atoms with Gasteiger partial charge in [-0.25, -0.2) is 9.97 Å². The highest BCUT2D eigenvalue weighted by atomic mass is 79.9. The molecule has 1 heterocycles. The van der Waals surface area contributed by atoms with Crippen molar-refractivity contribution in [2.24, 2.45) is 0 Å². The van der Waals surface area contributed by atoms with Gasteiger partial charge in [-0.2, -0.15) is 0 Å². The molecule has 0 atom stereocenters. The fourth-order valence-corrected chi connectivity index (χ4v) is 2.88. The number of anilines is 1. The summed E-state index contributed by atoms with van der Waals surface area (Å²) < 4.78 is 1.14. The summed E-state index contributed by atoms with van der Waals surface area (Å²) in [5, 5.41) is 5.97. The SMILES string of the molecule is O=C(CNC1CCCC1)Nc1ncc(Br)nc1Br. The topological polar surface area (TPSA) is 66.9 Å². The number of aromatic nitrogens is 2. The van der Waals surface area contributed by atoms with E-state index in [9.17, 15) is 4.79 Å². The maximum Gasteiger partial charge on any atom is 0.239 e. The molecule has 98 valence electrons. The minimum atomic E-state index is -0.0979. The minimum Gasteiger partial charge on any atom is -0.307 e. The third-order valence-corrected chi connectivity index (χ3v) is 3.80. The summed E-state index contributed by atoms with van der Waals surface area (Å²) >= 11 is 6.46. The summed E-state index contributed by atoms with van der Waals surface area (Å²) in [4.78, 5) is 19.9. The highest BCUT2D eigenvalue weighted by molar-refractivity contribution is 9.11. The molecule has 1 amide bonds. The molecular weight excluding hydrogens is 364 g/mol. The number of nitrogens with one attached hydrogen (secondary N) is 2. The van der Waals surface area contributed by atoms with Crippen molar-refractivity contribution in [3.63, 3.8) is 0 Å². The Kier molecular flexibility index (Phi) is 5.08. The molecule has 1 aliphatic rings. The second-order valence-electron chi connectivity index (χ2n) is 4.24. The van der Waals surface area contributed by atoms with E-state index in [2.05, 4.69) is 52.5 Å². The van der Waals surface area contributed by atoms with Gasteiger partial charge in [0.1, 0.15) is 9.21 Å². The van der Waals surface area contributed by atoms with Crippen molar-refractivity contribution in [3.8, 4) is 0 Å². The van der Waals surface area contributed by atoms with E-state index >= 15 is 0 Å². The third-order valence-electron chi connectivity index (χ3n) is 2.86. The quantitative estimate of drug-likeness (QED) is 0.845. The van der Waals surface area contributed by atoms with E-state index in [1.165, 1.54) is 12.8 Å². The van der Waals surface area contributed by atoms with Crippen LogP contribution >= 0.6 is 31.9 Å². The maximum atomic E-state index is 11.7. The Morgan fingerprint density at radius 2 is 2.11 bits per heavy atom. The van der Waals surface area contributed by atoms with Crippen LogP contribution in [0.5, 0.6) is 0 Å². The highest BCUT2D eigenvalue weighted by Crippen LogP contribution is 2.19. The molecule has 1 fully saturated rings. The van der Waals surface area contributed by atoms with E-state index < -0.39 is 0 Å². The van der Waals surface area contributed by atoms with Crippen LogP contribution in [0.2, 0.25) is 0 Å². The molecule has 1 aromatic heterocycles. The van der Waals surface area contributed by atoms with E-state index in [1.807, 2.05) is 0 Å². The molecule has 0 spiro atoms. The summed E-state index contributed by atoms with van der Waals surface area (Å²) in [6.45, 7) is 0.314. The van der Waals surface area contributed by atoms with E-state index in [0.717, 1.165) is 12.8 Å². The van der Waals surface area contributed by atoms with Crippen LogP contribution in [0.15, 0.2) is 15.4 Å². The first-order valence-corrected chi connectivity index (χ1v) is 7.45. The number of hydrogen-bond acceptors (Lipinski definition) is 4. The van der Waals surface area contributed by atoms with Gasteiger partial charge in [-0.3, -0.25) is 4.79 Å². The monoisotopic (exact) mass is 376 g/mol. The summed E-state index contributed by atoms with van der Waals surface area (Å²) in [5.74, 6) is 0.343. The number of carbonyl (C=O) groups is 1. The largest absolute Gasteiger partial charge is 0.307 e. The summed E-state index contributed by atoms with van der Waals surface area (Å²) in [7, 11) is 0. The van der Waals surface area contributed by atoms with Crippen LogP contribution in [-0.2, 0) is 4.79 Å². The number of halogens is 2. The molecule has 0 saturated heterocycles. The maximum absolute atomic E-state index is 11.7. The zero-order chi connectivity index (χ0) is 13.0.